The topological polar surface area (TPSA) is 46.6 Å². The Kier molecular flexibility index (Phi) is 8.09. The van der Waals surface area contributed by atoms with E-state index in [0.29, 0.717) is 12.2 Å². The van der Waals surface area contributed by atoms with Crippen LogP contribution in [0.1, 0.15) is 42.6 Å². The normalized spacial score (nSPS) is 15.6. The van der Waals surface area contributed by atoms with E-state index in [1.54, 1.807) is 0 Å². The molecule has 0 aliphatic carbocycles. The lowest BCUT2D eigenvalue weighted by Crippen LogP contribution is -2.53. The molecule has 0 aromatic heterocycles. The molecule has 0 saturated heterocycles. The van der Waals surface area contributed by atoms with E-state index >= 15 is 0 Å². The molecule has 4 nitrogen and oxygen atoms in total. The van der Waals surface area contributed by atoms with E-state index < -0.39 is 11.6 Å². The molecule has 4 heteroatoms. The van der Waals surface area contributed by atoms with Crippen LogP contribution in [0.25, 0.3) is 0 Å². The molecule has 2 aromatic carbocycles. The molecule has 0 amide bonds. The number of likely N-dealkylation sites (N-methyl/N-ethyl adjacent to an activating group) is 1. The molecular weight excluding hydrogens is 350 g/mol. The van der Waals surface area contributed by atoms with E-state index in [-0.39, 0.29) is 11.7 Å². The van der Waals surface area contributed by atoms with Crippen molar-refractivity contribution in [2.45, 2.75) is 38.3 Å². The van der Waals surface area contributed by atoms with Crippen LogP contribution in [0.5, 0.6) is 0 Å². The van der Waals surface area contributed by atoms with Crippen molar-refractivity contribution in [1.29, 1.82) is 0 Å². The first-order chi connectivity index (χ1) is 13.5. The monoisotopic (exact) mass is 381 g/mol. The number of nitrogens with zero attached hydrogens (tertiary/aromatic N) is 1. The smallest absolute Gasteiger partial charge is 0.199 e. The van der Waals surface area contributed by atoms with E-state index in [1.807, 2.05) is 86.6 Å². The zero-order chi connectivity index (χ0) is 20.6. The molecule has 2 rings (SSSR count). The summed E-state index contributed by atoms with van der Waals surface area (Å²) in [6.07, 6.45) is 2.71. The van der Waals surface area contributed by atoms with E-state index in [9.17, 15) is 9.59 Å². The maximum Gasteiger partial charge on any atom is 0.199 e. The average molecular weight is 382 g/mol. The van der Waals surface area contributed by atoms with Gasteiger partial charge in [0.05, 0.1) is 6.04 Å². The molecule has 2 aromatic rings. The zero-order valence-electron chi connectivity index (χ0n) is 17.3. The molecule has 0 saturated carbocycles. The lowest BCUT2D eigenvalue weighted by Gasteiger charge is -2.42. The Morgan fingerprint density at radius 1 is 1.07 bits per heavy atom. The van der Waals surface area contributed by atoms with Crippen LogP contribution in [0.2, 0.25) is 0 Å². The lowest BCUT2D eigenvalue weighted by molar-refractivity contribution is -0.120. The Morgan fingerprint density at radius 2 is 1.64 bits per heavy atom. The van der Waals surface area contributed by atoms with Crippen LogP contribution in [0.15, 0.2) is 60.7 Å². The van der Waals surface area contributed by atoms with E-state index in [1.165, 1.54) is 0 Å². The first kappa shape index (κ1) is 22.0. The van der Waals surface area contributed by atoms with Gasteiger partial charge in [-0.2, -0.15) is 0 Å². The molecule has 28 heavy (non-hydrogen) atoms. The van der Waals surface area contributed by atoms with E-state index in [0.717, 1.165) is 24.7 Å². The third-order valence-corrected chi connectivity index (χ3v) is 5.29. The summed E-state index contributed by atoms with van der Waals surface area (Å²) in [5.41, 5.74) is 0.118. The largest absolute Gasteiger partial charge is 0.362 e. The van der Waals surface area contributed by atoms with Gasteiger partial charge in [-0.3, -0.25) is 9.69 Å². The maximum atomic E-state index is 13.9. The Hall–Kier alpha value is -2.30. The maximum absolute atomic E-state index is 13.9. The van der Waals surface area contributed by atoms with Crippen molar-refractivity contribution in [2.24, 2.45) is 5.92 Å². The number of unbranched alkanes of at least 4 members (excludes halogenated alkanes) is 1. The highest BCUT2D eigenvalue weighted by atomic mass is 16.5. The molecular formula is C24H31NO3. The van der Waals surface area contributed by atoms with Crippen molar-refractivity contribution in [3.8, 4) is 0 Å². The molecule has 3 unspecified atom stereocenters. The van der Waals surface area contributed by atoms with Crippen molar-refractivity contribution in [3.05, 3.63) is 71.8 Å². The molecule has 0 heterocycles. The van der Waals surface area contributed by atoms with Gasteiger partial charge < -0.3 is 9.53 Å². The summed E-state index contributed by atoms with van der Waals surface area (Å²) < 4.78 is 6.43. The van der Waals surface area contributed by atoms with Gasteiger partial charge in [-0.05, 0) is 26.1 Å². The van der Waals surface area contributed by atoms with Gasteiger partial charge in [0.1, 0.15) is 6.29 Å². The number of hydrogen-bond donors (Lipinski definition) is 0. The first-order valence-corrected chi connectivity index (χ1v) is 9.90. The van der Waals surface area contributed by atoms with Gasteiger partial charge in [0.2, 0.25) is 0 Å². The summed E-state index contributed by atoms with van der Waals surface area (Å²) >= 11 is 0. The molecule has 3 atom stereocenters. The van der Waals surface area contributed by atoms with Gasteiger partial charge in [-0.1, -0.05) is 80.9 Å². The number of Topliss-reactive ketones (excluding diaryl/α,β-unsaturated/α-hetero) is 1. The molecule has 0 bridgehead atoms. The lowest BCUT2D eigenvalue weighted by atomic mass is 9.73. The third kappa shape index (κ3) is 4.57. The fourth-order valence-electron chi connectivity index (χ4n) is 3.68. The van der Waals surface area contributed by atoms with Crippen LogP contribution in [0, 0.1) is 5.92 Å². The van der Waals surface area contributed by atoms with Gasteiger partial charge in [-0.15, -0.1) is 0 Å². The minimum Gasteiger partial charge on any atom is -0.362 e. The first-order valence-electron chi connectivity index (χ1n) is 9.90. The molecule has 0 aliphatic rings. The fraction of sp³-hybridized carbons (Fsp3) is 0.417. The van der Waals surface area contributed by atoms with Gasteiger partial charge >= 0.3 is 0 Å². The SMILES string of the molecule is CCCCOC(C(=O)c1ccccc1)(c1ccccc1)C(C)C(C=O)N(C)C. The summed E-state index contributed by atoms with van der Waals surface area (Å²) in [6, 6.07) is 18.3. The zero-order valence-corrected chi connectivity index (χ0v) is 17.3. The second-order valence-corrected chi connectivity index (χ2v) is 7.38. The van der Waals surface area contributed by atoms with Crippen LogP contribution < -0.4 is 0 Å². The van der Waals surface area contributed by atoms with Crippen LogP contribution in [-0.2, 0) is 15.1 Å². The number of rotatable bonds is 11. The Morgan fingerprint density at radius 3 is 2.14 bits per heavy atom. The summed E-state index contributed by atoms with van der Waals surface area (Å²) in [5, 5.41) is 0. The van der Waals surface area contributed by atoms with Gasteiger partial charge in [0.15, 0.2) is 11.4 Å². The summed E-state index contributed by atoms with van der Waals surface area (Å²) in [7, 11) is 3.70. The summed E-state index contributed by atoms with van der Waals surface area (Å²) in [6.45, 7) is 4.47. The van der Waals surface area contributed by atoms with Crippen LogP contribution in [0.4, 0.5) is 0 Å². The van der Waals surface area contributed by atoms with Crippen molar-refractivity contribution in [1.82, 2.24) is 4.90 Å². The van der Waals surface area contributed by atoms with Crippen molar-refractivity contribution < 1.29 is 14.3 Å². The second-order valence-electron chi connectivity index (χ2n) is 7.38. The second kappa shape index (κ2) is 10.3. The minimum atomic E-state index is -1.24. The quantitative estimate of drug-likeness (QED) is 0.330. The number of ether oxygens (including phenoxy) is 1. The standard InChI is InChI=1S/C24H31NO3/c1-5-6-17-28-24(21-15-11-8-12-16-21,19(2)22(18-26)25(3)4)23(27)20-13-9-7-10-14-20/h7-16,18-19,22H,5-6,17H2,1-4H3. The van der Waals surface area contributed by atoms with Gasteiger partial charge in [-0.25, -0.2) is 0 Å². The van der Waals surface area contributed by atoms with E-state index in [4.69, 9.17) is 4.74 Å². The summed E-state index contributed by atoms with van der Waals surface area (Å²) in [4.78, 5) is 27.7. The van der Waals surface area contributed by atoms with Crippen LogP contribution in [0.3, 0.4) is 0 Å². The molecule has 150 valence electrons. The highest BCUT2D eigenvalue weighted by Crippen LogP contribution is 2.40. The third-order valence-electron chi connectivity index (χ3n) is 5.29. The minimum absolute atomic E-state index is 0.114. The number of hydrogen-bond acceptors (Lipinski definition) is 4. The summed E-state index contributed by atoms with van der Waals surface area (Å²) in [5.74, 6) is -0.497. The fourth-order valence-corrected chi connectivity index (χ4v) is 3.68. The molecule has 0 N–H and O–H groups in total. The Bertz CT molecular complexity index is 745. The average Bonchev–Trinajstić information content (AvgIpc) is 2.72. The molecule has 0 aliphatic heterocycles. The predicted molar refractivity (Wildman–Crippen MR) is 112 cm³/mol. The predicted octanol–water partition coefficient (Wildman–Crippen LogP) is 4.35. The van der Waals surface area contributed by atoms with E-state index in [2.05, 4.69) is 6.92 Å². The number of benzene rings is 2. The Balaban J connectivity index is 2.67. The highest BCUT2D eigenvalue weighted by molar-refractivity contribution is 6.03. The van der Waals surface area contributed by atoms with Crippen molar-refractivity contribution in [2.75, 3.05) is 20.7 Å². The molecule has 0 radical (unpaired) electrons. The van der Waals surface area contributed by atoms with Crippen LogP contribution in [-0.4, -0.2) is 43.7 Å². The van der Waals surface area contributed by atoms with Crippen molar-refractivity contribution >= 4 is 12.1 Å². The number of aldehydes is 1. The molecule has 0 spiro atoms. The van der Waals surface area contributed by atoms with Crippen LogP contribution >= 0.6 is 0 Å². The Labute approximate surface area is 168 Å². The van der Waals surface area contributed by atoms with Crippen molar-refractivity contribution in [3.63, 3.8) is 0 Å². The van der Waals surface area contributed by atoms with Gasteiger partial charge in [0.25, 0.3) is 0 Å². The highest BCUT2D eigenvalue weighted by Gasteiger charge is 2.49. The number of ketones is 1. The van der Waals surface area contributed by atoms with Gasteiger partial charge in [0, 0.05) is 18.1 Å². The molecule has 0 fully saturated rings. The number of carbonyl (C=O) groups is 2. The number of carbonyl (C=O) groups excluding carboxylic acids is 2.